The minimum absolute atomic E-state index is 0.134. The molecule has 1 aliphatic rings. The maximum absolute atomic E-state index is 13.5. The summed E-state index contributed by atoms with van der Waals surface area (Å²) in [4.78, 5) is 28.1. The van der Waals surface area contributed by atoms with Crippen LogP contribution in [-0.2, 0) is 16.0 Å². The number of benzene rings is 3. The van der Waals surface area contributed by atoms with Gasteiger partial charge in [-0.1, -0.05) is 71.4 Å². The lowest BCUT2D eigenvalue weighted by Gasteiger charge is -2.18. The van der Waals surface area contributed by atoms with Crippen LogP contribution in [0.15, 0.2) is 83.4 Å². The van der Waals surface area contributed by atoms with Crippen molar-refractivity contribution in [3.8, 4) is 6.07 Å². The van der Waals surface area contributed by atoms with E-state index in [4.69, 9.17) is 23.2 Å². The van der Waals surface area contributed by atoms with Crippen LogP contribution in [0, 0.1) is 18.3 Å². The number of rotatable bonds is 5. The van der Waals surface area contributed by atoms with Crippen molar-refractivity contribution in [2.24, 2.45) is 0 Å². The quantitative estimate of drug-likeness (QED) is 0.321. The normalized spacial score (nSPS) is 16.8. The van der Waals surface area contributed by atoms with Crippen LogP contribution in [0.2, 0.25) is 10.0 Å². The van der Waals surface area contributed by atoms with Gasteiger partial charge >= 0.3 is 0 Å². The molecule has 0 radical (unpaired) electrons. The smallest absolute Gasteiger partial charge is 0.269 e. The van der Waals surface area contributed by atoms with E-state index in [1.165, 1.54) is 16.7 Å². The van der Waals surface area contributed by atoms with E-state index >= 15 is 0 Å². The summed E-state index contributed by atoms with van der Waals surface area (Å²) in [6.07, 6.45) is 0.299. The zero-order chi connectivity index (χ0) is 24.2. The Balaban J connectivity index is 1.74. The third-order valence-electron chi connectivity index (χ3n) is 5.33. The lowest BCUT2D eigenvalue weighted by molar-refractivity contribution is -0.117. The standard InChI is InChI=1S/C26H19Cl2N3O2S/c1-16-7-5-6-10-22(16)30-24(32)20(15-29)26-31(19-8-3-2-4-9-19)25(33)23(34-26)14-17-13-18(27)11-12-21(17)28/h2-13,23H,14H2,1H3,(H,30,32)/b26-20-/t23-/m0/s1. The SMILES string of the molecule is Cc1ccccc1NC(=O)/C(C#N)=C1\S[C@@H](Cc2cc(Cl)ccc2Cl)C(=O)N1c1ccccc1. The first-order chi connectivity index (χ1) is 16.4. The van der Waals surface area contributed by atoms with Crippen molar-refractivity contribution in [2.45, 2.75) is 18.6 Å². The lowest BCUT2D eigenvalue weighted by Crippen LogP contribution is -2.31. The first-order valence-corrected chi connectivity index (χ1v) is 12.0. The van der Waals surface area contributed by atoms with Crippen molar-refractivity contribution in [1.29, 1.82) is 5.26 Å². The molecular formula is C26H19Cl2N3O2S. The van der Waals surface area contributed by atoms with Gasteiger partial charge in [0.25, 0.3) is 5.91 Å². The van der Waals surface area contributed by atoms with Gasteiger partial charge in [-0.25, -0.2) is 0 Å². The molecule has 5 nitrogen and oxygen atoms in total. The molecule has 0 saturated carbocycles. The minimum atomic E-state index is -0.583. The lowest BCUT2D eigenvalue weighted by atomic mass is 10.1. The Morgan fingerprint density at radius 3 is 2.50 bits per heavy atom. The summed E-state index contributed by atoms with van der Waals surface area (Å²) < 4.78 is 0. The maximum atomic E-state index is 13.5. The zero-order valence-corrected chi connectivity index (χ0v) is 20.4. The van der Waals surface area contributed by atoms with Gasteiger partial charge in [-0.2, -0.15) is 5.26 Å². The molecule has 1 fully saturated rings. The summed E-state index contributed by atoms with van der Waals surface area (Å²) in [6, 6.07) is 23.4. The molecule has 0 bridgehead atoms. The number of carbonyl (C=O) groups is 2. The largest absolute Gasteiger partial charge is 0.321 e. The first-order valence-electron chi connectivity index (χ1n) is 10.4. The van der Waals surface area contributed by atoms with Crippen molar-refractivity contribution in [2.75, 3.05) is 10.2 Å². The van der Waals surface area contributed by atoms with Crippen LogP contribution in [0.25, 0.3) is 0 Å². The highest BCUT2D eigenvalue weighted by atomic mass is 35.5. The molecule has 1 heterocycles. The Bertz CT molecular complexity index is 1340. The predicted molar refractivity (Wildman–Crippen MR) is 138 cm³/mol. The van der Waals surface area contributed by atoms with E-state index < -0.39 is 11.2 Å². The van der Waals surface area contributed by atoms with Gasteiger partial charge in [0.15, 0.2) is 0 Å². The second-order valence-electron chi connectivity index (χ2n) is 7.62. The van der Waals surface area contributed by atoms with Gasteiger partial charge in [0.05, 0.1) is 5.25 Å². The van der Waals surface area contributed by atoms with Gasteiger partial charge in [0.1, 0.15) is 16.7 Å². The van der Waals surface area contributed by atoms with Crippen LogP contribution in [0.4, 0.5) is 11.4 Å². The number of anilines is 2. The van der Waals surface area contributed by atoms with Crippen LogP contribution in [-0.4, -0.2) is 17.1 Å². The molecule has 0 unspecified atom stereocenters. The van der Waals surface area contributed by atoms with Gasteiger partial charge in [-0.05, 0) is 60.9 Å². The van der Waals surface area contributed by atoms with E-state index in [9.17, 15) is 14.9 Å². The van der Waals surface area contributed by atoms with Crippen LogP contribution in [0.5, 0.6) is 0 Å². The van der Waals surface area contributed by atoms with Crippen molar-refractivity contribution in [1.82, 2.24) is 0 Å². The summed E-state index contributed by atoms with van der Waals surface area (Å²) in [5.41, 5.74) is 2.62. The number of para-hydroxylation sites is 2. The van der Waals surface area contributed by atoms with Crippen LogP contribution in [0.1, 0.15) is 11.1 Å². The highest BCUT2D eigenvalue weighted by molar-refractivity contribution is 8.05. The van der Waals surface area contributed by atoms with Crippen LogP contribution < -0.4 is 10.2 Å². The molecule has 170 valence electrons. The Kier molecular flexibility index (Phi) is 7.28. The van der Waals surface area contributed by atoms with Gasteiger partial charge in [-0.3, -0.25) is 14.5 Å². The third-order valence-corrected chi connectivity index (χ3v) is 7.19. The van der Waals surface area contributed by atoms with Crippen LogP contribution in [0.3, 0.4) is 0 Å². The van der Waals surface area contributed by atoms with Gasteiger partial charge < -0.3 is 5.32 Å². The molecule has 8 heteroatoms. The minimum Gasteiger partial charge on any atom is -0.321 e. The number of hydrogen-bond donors (Lipinski definition) is 1. The number of thioether (sulfide) groups is 1. The fraction of sp³-hybridized carbons (Fsp3) is 0.115. The highest BCUT2D eigenvalue weighted by Crippen LogP contribution is 2.42. The Labute approximate surface area is 212 Å². The van der Waals surface area contributed by atoms with E-state index in [0.717, 1.165) is 11.1 Å². The average molecular weight is 508 g/mol. The second-order valence-corrected chi connectivity index (χ2v) is 9.65. The number of halogens is 2. The molecule has 1 aliphatic heterocycles. The van der Waals surface area contributed by atoms with Gasteiger partial charge in [-0.15, -0.1) is 0 Å². The molecule has 3 aromatic carbocycles. The monoisotopic (exact) mass is 507 g/mol. The molecule has 2 amide bonds. The average Bonchev–Trinajstić information content (AvgIpc) is 3.14. The molecule has 34 heavy (non-hydrogen) atoms. The van der Waals surface area contributed by atoms with Crippen molar-refractivity contribution in [3.05, 3.63) is 105 Å². The predicted octanol–water partition coefficient (Wildman–Crippen LogP) is 6.37. The fourth-order valence-electron chi connectivity index (χ4n) is 3.60. The summed E-state index contributed by atoms with van der Waals surface area (Å²) >= 11 is 13.6. The fourth-order valence-corrected chi connectivity index (χ4v) is 5.28. The third kappa shape index (κ3) is 4.97. The van der Waals surface area contributed by atoms with E-state index in [0.29, 0.717) is 27.8 Å². The summed E-state index contributed by atoms with van der Waals surface area (Å²) in [5.74, 6) is -0.812. The van der Waals surface area contributed by atoms with Gasteiger partial charge in [0.2, 0.25) is 5.91 Å². The Morgan fingerprint density at radius 2 is 1.79 bits per heavy atom. The molecule has 0 aromatic heterocycles. The molecule has 1 N–H and O–H groups in total. The van der Waals surface area contributed by atoms with Crippen LogP contribution >= 0.6 is 35.0 Å². The summed E-state index contributed by atoms with van der Waals surface area (Å²) in [6.45, 7) is 1.86. The van der Waals surface area contributed by atoms with Crippen molar-refractivity contribution >= 4 is 58.2 Å². The van der Waals surface area contributed by atoms with E-state index in [2.05, 4.69) is 5.32 Å². The Hall–Kier alpha value is -3.24. The molecular weight excluding hydrogens is 489 g/mol. The van der Waals surface area contributed by atoms with Gasteiger partial charge in [0, 0.05) is 21.4 Å². The number of aryl methyl sites for hydroxylation is 1. The molecule has 1 saturated heterocycles. The number of nitrogens with one attached hydrogen (secondary N) is 1. The zero-order valence-electron chi connectivity index (χ0n) is 18.1. The van der Waals surface area contributed by atoms with E-state index in [1.54, 1.807) is 54.6 Å². The molecule has 0 aliphatic carbocycles. The topological polar surface area (TPSA) is 73.2 Å². The van der Waals surface area contributed by atoms with E-state index in [-0.39, 0.29) is 16.5 Å². The summed E-state index contributed by atoms with van der Waals surface area (Å²) in [7, 11) is 0. The number of nitriles is 1. The second kappa shape index (κ2) is 10.4. The number of carbonyl (C=O) groups excluding carboxylic acids is 2. The highest BCUT2D eigenvalue weighted by Gasteiger charge is 2.41. The Morgan fingerprint density at radius 1 is 1.09 bits per heavy atom. The summed E-state index contributed by atoms with van der Waals surface area (Å²) in [5, 5.41) is 13.5. The molecule has 1 atom stereocenters. The first kappa shape index (κ1) is 23.9. The number of nitrogens with zero attached hydrogens (tertiary/aromatic N) is 2. The van der Waals surface area contributed by atoms with Crippen molar-refractivity contribution in [3.63, 3.8) is 0 Å². The van der Waals surface area contributed by atoms with Crippen molar-refractivity contribution < 1.29 is 9.59 Å². The molecule has 3 aromatic rings. The molecule has 4 rings (SSSR count). The number of hydrogen-bond acceptors (Lipinski definition) is 4. The molecule has 0 spiro atoms. The number of amides is 2. The van der Waals surface area contributed by atoms with E-state index in [1.807, 2.05) is 31.2 Å². The maximum Gasteiger partial charge on any atom is 0.269 e.